The van der Waals surface area contributed by atoms with E-state index in [1.165, 1.54) is 5.56 Å². The molecule has 0 unspecified atom stereocenters. The first-order chi connectivity index (χ1) is 16.2. The van der Waals surface area contributed by atoms with Crippen molar-refractivity contribution in [3.63, 3.8) is 0 Å². The zero-order valence-electron chi connectivity index (χ0n) is 18.2. The second kappa shape index (κ2) is 10.9. The number of aromatic hydroxyl groups is 1. The second-order valence-electron chi connectivity index (χ2n) is 7.62. The van der Waals surface area contributed by atoms with E-state index in [1.807, 2.05) is 78.9 Å². The SMILES string of the molecule is Oc1ccccc1-c1cccc(-c2[c-]c(Oc3cc(Cc4ccccc4)ccn3)ccc2)n1.[Pt]. The predicted octanol–water partition coefficient (Wildman–Crippen LogP) is 6.70. The average molecular weight is 625 g/mol. The van der Waals surface area contributed by atoms with E-state index in [4.69, 9.17) is 9.72 Å². The van der Waals surface area contributed by atoms with Crippen molar-refractivity contribution in [1.29, 1.82) is 0 Å². The molecule has 0 saturated carbocycles. The number of pyridine rings is 2. The molecule has 0 aliphatic carbocycles. The minimum absolute atomic E-state index is 0. The van der Waals surface area contributed by atoms with Crippen LogP contribution in [0.5, 0.6) is 17.4 Å². The van der Waals surface area contributed by atoms with Gasteiger partial charge in [0.15, 0.2) is 0 Å². The van der Waals surface area contributed by atoms with E-state index < -0.39 is 0 Å². The van der Waals surface area contributed by atoms with Gasteiger partial charge >= 0.3 is 0 Å². The number of phenols is 1. The first-order valence-electron chi connectivity index (χ1n) is 10.7. The Hall–Kier alpha value is -3.75. The molecule has 0 fully saturated rings. The molecule has 5 rings (SSSR count). The van der Waals surface area contributed by atoms with Gasteiger partial charge in [0, 0.05) is 44.6 Å². The van der Waals surface area contributed by atoms with E-state index in [0.29, 0.717) is 22.9 Å². The van der Waals surface area contributed by atoms with E-state index in [2.05, 4.69) is 23.2 Å². The topological polar surface area (TPSA) is 55.2 Å². The zero-order chi connectivity index (χ0) is 22.5. The summed E-state index contributed by atoms with van der Waals surface area (Å²) in [5, 5.41) is 10.2. The van der Waals surface area contributed by atoms with Crippen LogP contribution in [-0.2, 0) is 27.5 Å². The fourth-order valence-corrected chi connectivity index (χ4v) is 3.64. The van der Waals surface area contributed by atoms with E-state index in [9.17, 15) is 5.11 Å². The normalized spacial score (nSPS) is 10.4. The van der Waals surface area contributed by atoms with Gasteiger partial charge in [0.1, 0.15) is 5.75 Å². The van der Waals surface area contributed by atoms with Gasteiger partial charge in [-0.3, -0.25) is 4.98 Å². The van der Waals surface area contributed by atoms with Crippen LogP contribution in [0.25, 0.3) is 22.5 Å². The molecular weight excluding hydrogens is 603 g/mol. The average Bonchev–Trinajstić information content (AvgIpc) is 2.85. The Morgan fingerprint density at radius 3 is 2.35 bits per heavy atom. The molecule has 1 N–H and O–H groups in total. The largest absolute Gasteiger partial charge is 0.507 e. The van der Waals surface area contributed by atoms with Crippen LogP contribution in [0.4, 0.5) is 0 Å². The first-order valence-corrected chi connectivity index (χ1v) is 10.7. The Bertz CT molecular complexity index is 1390. The van der Waals surface area contributed by atoms with Crippen LogP contribution in [0.3, 0.4) is 0 Å². The predicted molar refractivity (Wildman–Crippen MR) is 129 cm³/mol. The molecule has 0 amide bonds. The van der Waals surface area contributed by atoms with Crippen molar-refractivity contribution in [2.75, 3.05) is 0 Å². The summed E-state index contributed by atoms with van der Waals surface area (Å²) >= 11 is 0. The van der Waals surface area contributed by atoms with Gasteiger partial charge in [-0.15, -0.1) is 23.8 Å². The molecule has 0 spiro atoms. The van der Waals surface area contributed by atoms with E-state index >= 15 is 0 Å². The summed E-state index contributed by atoms with van der Waals surface area (Å²) in [5.74, 6) is 1.28. The van der Waals surface area contributed by atoms with E-state index in [0.717, 1.165) is 23.2 Å². The van der Waals surface area contributed by atoms with Gasteiger partial charge in [0.25, 0.3) is 0 Å². The van der Waals surface area contributed by atoms with Crippen molar-refractivity contribution in [2.45, 2.75) is 6.42 Å². The first kappa shape index (κ1) is 23.4. The fraction of sp³-hybridized carbons (Fsp3) is 0.0345. The quantitative estimate of drug-likeness (QED) is 0.214. The molecule has 0 saturated heterocycles. The molecule has 5 aromatic rings. The molecule has 5 heteroatoms. The number of hydrogen-bond acceptors (Lipinski definition) is 4. The maximum Gasteiger partial charge on any atom is 0.217 e. The van der Waals surface area contributed by atoms with Gasteiger partial charge in [-0.05, 0) is 47.5 Å². The molecule has 2 aromatic heterocycles. The summed E-state index contributed by atoms with van der Waals surface area (Å²) in [6.45, 7) is 0. The number of ether oxygens (including phenoxy) is 1. The fourth-order valence-electron chi connectivity index (χ4n) is 3.64. The molecule has 34 heavy (non-hydrogen) atoms. The maximum atomic E-state index is 10.2. The van der Waals surface area contributed by atoms with Gasteiger partial charge < -0.3 is 9.84 Å². The zero-order valence-corrected chi connectivity index (χ0v) is 20.4. The summed E-state index contributed by atoms with van der Waals surface area (Å²) in [6.07, 6.45) is 2.57. The van der Waals surface area contributed by atoms with E-state index in [1.54, 1.807) is 18.3 Å². The molecule has 170 valence electrons. The van der Waals surface area contributed by atoms with Crippen LogP contribution in [0, 0.1) is 6.07 Å². The van der Waals surface area contributed by atoms with Gasteiger partial charge in [0.05, 0.1) is 5.69 Å². The van der Waals surface area contributed by atoms with Crippen molar-refractivity contribution in [3.05, 3.63) is 127 Å². The molecular formula is C29H21N2O2Pt-. The summed E-state index contributed by atoms with van der Waals surface area (Å²) in [7, 11) is 0. The van der Waals surface area contributed by atoms with Gasteiger partial charge in [-0.25, -0.2) is 4.98 Å². The number of hydrogen-bond donors (Lipinski definition) is 1. The van der Waals surface area contributed by atoms with E-state index in [-0.39, 0.29) is 26.8 Å². The molecule has 4 nitrogen and oxygen atoms in total. The maximum absolute atomic E-state index is 10.2. The van der Waals surface area contributed by atoms with Crippen LogP contribution in [0.1, 0.15) is 11.1 Å². The van der Waals surface area contributed by atoms with Crippen molar-refractivity contribution >= 4 is 0 Å². The number of benzene rings is 3. The third kappa shape index (κ3) is 5.59. The second-order valence-corrected chi connectivity index (χ2v) is 7.62. The van der Waals surface area contributed by atoms with Crippen LogP contribution in [0.15, 0.2) is 109 Å². The summed E-state index contributed by atoms with van der Waals surface area (Å²) in [6, 6.07) is 36.1. The monoisotopic (exact) mass is 624 g/mol. The molecule has 2 heterocycles. The Labute approximate surface area is 213 Å². The van der Waals surface area contributed by atoms with Crippen LogP contribution < -0.4 is 4.74 Å². The molecule has 0 aliphatic heterocycles. The molecule has 0 bridgehead atoms. The van der Waals surface area contributed by atoms with Gasteiger partial charge in [-0.1, -0.05) is 60.7 Å². The molecule has 0 atom stereocenters. The summed E-state index contributed by atoms with van der Waals surface area (Å²) in [4.78, 5) is 9.08. The standard InChI is InChI=1S/C29H21N2O2.Pt/c32-28-15-5-4-12-25(28)27-14-7-13-26(31-27)23-10-6-11-24(20-23)33-29-19-22(16-17-30-29)18-21-8-2-1-3-9-21;/h1-17,19,32H,18H2;/q-1;. The smallest absolute Gasteiger partial charge is 0.217 e. The van der Waals surface area contributed by atoms with Crippen molar-refractivity contribution < 1.29 is 30.9 Å². The molecule has 3 aromatic carbocycles. The Morgan fingerprint density at radius 1 is 0.735 bits per heavy atom. The number of nitrogens with zero attached hydrogens (tertiary/aromatic N) is 2. The van der Waals surface area contributed by atoms with Gasteiger partial charge in [-0.2, -0.15) is 0 Å². The Kier molecular flexibility index (Phi) is 7.51. The van der Waals surface area contributed by atoms with Crippen molar-refractivity contribution in [1.82, 2.24) is 9.97 Å². The van der Waals surface area contributed by atoms with Gasteiger partial charge in [0.2, 0.25) is 5.88 Å². The van der Waals surface area contributed by atoms with Crippen molar-refractivity contribution in [2.24, 2.45) is 0 Å². The number of phenolic OH excluding ortho intramolecular Hbond substituents is 1. The third-order valence-corrected chi connectivity index (χ3v) is 5.24. The third-order valence-electron chi connectivity index (χ3n) is 5.24. The number of rotatable bonds is 6. The number of para-hydroxylation sites is 1. The molecule has 0 aliphatic rings. The number of aromatic nitrogens is 2. The van der Waals surface area contributed by atoms with Crippen molar-refractivity contribution in [3.8, 4) is 39.9 Å². The minimum atomic E-state index is 0. The molecule has 0 radical (unpaired) electrons. The minimum Gasteiger partial charge on any atom is -0.507 e. The van der Waals surface area contributed by atoms with Crippen LogP contribution in [0.2, 0.25) is 0 Å². The Morgan fingerprint density at radius 2 is 1.50 bits per heavy atom. The Balaban J connectivity index is 0.00000274. The summed E-state index contributed by atoms with van der Waals surface area (Å²) < 4.78 is 6.02. The van der Waals surface area contributed by atoms with Crippen LogP contribution >= 0.6 is 0 Å². The summed E-state index contributed by atoms with van der Waals surface area (Å²) in [5.41, 5.74) is 5.28. The van der Waals surface area contributed by atoms with Crippen LogP contribution in [-0.4, -0.2) is 15.1 Å².